The van der Waals surface area contributed by atoms with Crippen LogP contribution in [0.5, 0.6) is 0 Å². The second-order valence-corrected chi connectivity index (χ2v) is 12.7. The van der Waals surface area contributed by atoms with Crippen molar-refractivity contribution in [3.05, 3.63) is 29.8 Å². The summed E-state index contributed by atoms with van der Waals surface area (Å²) in [6, 6.07) is 8.66. The van der Waals surface area contributed by atoms with Crippen LogP contribution in [0.2, 0.25) is 0 Å². The summed E-state index contributed by atoms with van der Waals surface area (Å²) in [5.74, 6) is 0. The maximum absolute atomic E-state index is 5.43. The minimum absolute atomic E-state index is 0.219. The van der Waals surface area contributed by atoms with E-state index in [1.165, 1.54) is 11.3 Å². The molecule has 112 valence electrons. The lowest BCUT2D eigenvalue weighted by atomic mass is 10.2. The summed E-state index contributed by atoms with van der Waals surface area (Å²) in [5.41, 5.74) is 2.58. The first kappa shape index (κ1) is 15.8. The average molecular weight is 292 g/mol. The van der Waals surface area contributed by atoms with Crippen LogP contribution in [0.1, 0.15) is 47.1 Å². The van der Waals surface area contributed by atoms with Crippen molar-refractivity contribution in [2.75, 3.05) is 13.3 Å². The predicted molar refractivity (Wildman–Crippen MR) is 91.3 cm³/mol. The van der Waals surface area contributed by atoms with Gasteiger partial charge >= 0.3 is 0 Å². The summed E-state index contributed by atoms with van der Waals surface area (Å²) in [7, 11) is 0.701. The van der Waals surface area contributed by atoms with Gasteiger partial charge in [0.2, 0.25) is 0 Å². The van der Waals surface area contributed by atoms with E-state index in [0.29, 0.717) is 0 Å². The summed E-state index contributed by atoms with van der Waals surface area (Å²) in [5, 5.41) is 0.438. The van der Waals surface area contributed by atoms with Crippen LogP contribution in [-0.2, 0) is 6.54 Å². The lowest BCUT2D eigenvalue weighted by molar-refractivity contribution is 0.378. The molecule has 0 amide bonds. The Labute approximate surface area is 124 Å². The second-order valence-electron chi connectivity index (χ2n) is 8.00. The Morgan fingerprint density at radius 3 is 2.10 bits per heavy atom. The minimum Gasteiger partial charge on any atom is -0.296 e. The lowest BCUT2D eigenvalue weighted by Crippen LogP contribution is -2.34. The Hall–Kier alpha value is -0.590. The number of nitrogens with zero attached hydrogens (tertiary/aromatic N) is 2. The molecule has 0 spiro atoms. The van der Waals surface area contributed by atoms with Crippen LogP contribution in [0.25, 0.3) is 0 Å². The Bertz CT molecular complexity index is 529. The number of benzene rings is 1. The van der Waals surface area contributed by atoms with E-state index >= 15 is 0 Å². The highest BCUT2D eigenvalue weighted by atomic mass is 31.2. The van der Waals surface area contributed by atoms with Crippen molar-refractivity contribution >= 4 is 12.7 Å². The van der Waals surface area contributed by atoms with Gasteiger partial charge in [0.05, 0.1) is 5.69 Å². The van der Waals surface area contributed by atoms with Crippen molar-refractivity contribution < 1.29 is 0 Å². The minimum atomic E-state index is -1.54. The molecule has 0 saturated heterocycles. The number of hydrogen-bond donors (Lipinski definition) is 0. The van der Waals surface area contributed by atoms with Gasteiger partial charge in [-0.2, -0.15) is 0 Å². The largest absolute Gasteiger partial charge is 0.296 e. The van der Waals surface area contributed by atoms with Gasteiger partial charge in [-0.25, -0.2) is 0 Å². The molecular weight excluding hydrogens is 263 g/mol. The molecule has 1 aliphatic rings. The van der Waals surface area contributed by atoms with Crippen molar-refractivity contribution in [3.63, 3.8) is 0 Å². The molecule has 0 radical (unpaired) electrons. The van der Waals surface area contributed by atoms with Crippen molar-refractivity contribution in [2.45, 2.75) is 58.4 Å². The zero-order chi connectivity index (χ0) is 15.2. The zero-order valence-corrected chi connectivity index (χ0v) is 15.0. The molecule has 0 N–H and O–H groups in total. The van der Waals surface area contributed by atoms with Gasteiger partial charge in [0.1, 0.15) is 0 Å². The topological polar surface area (TPSA) is 15.6 Å². The SMILES string of the molecule is CN1Cc2ccccc2N=P(C(C)(C)C)(C(C)(C)C)C1. The van der Waals surface area contributed by atoms with Gasteiger partial charge < -0.3 is 0 Å². The van der Waals surface area contributed by atoms with Gasteiger partial charge in [0.25, 0.3) is 0 Å². The molecule has 1 aliphatic heterocycles. The van der Waals surface area contributed by atoms with Gasteiger partial charge in [-0.05, 0) is 29.0 Å². The van der Waals surface area contributed by atoms with E-state index in [1.54, 1.807) is 0 Å². The third-order valence-corrected chi connectivity index (χ3v) is 10.3. The molecule has 2 rings (SSSR count). The molecule has 1 aromatic rings. The van der Waals surface area contributed by atoms with Crippen LogP contribution in [0.15, 0.2) is 29.0 Å². The van der Waals surface area contributed by atoms with Crippen LogP contribution >= 0.6 is 7.05 Å². The number of hydrogen-bond acceptors (Lipinski definition) is 2. The summed E-state index contributed by atoms with van der Waals surface area (Å²) in [6.07, 6.45) is 1.11. The molecular formula is C17H29N2P. The molecule has 1 aromatic carbocycles. The molecule has 2 nitrogen and oxygen atoms in total. The molecule has 0 unspecified atom stereocenters. The van der Waals surface area contributed by atoms with Crippen LogP contribution in [0.3, 0.4) is 0 Å². The fourth-order valence-electron chi connectivity index (χ4n) is 3.38. The molecule has 0 atom stereocenters. The monoisotopic (exact) mass is 292 g/mol. The smallest absolute Gasteiger partial charge is 0.0659 e. The second kappa shape index (κ2) is 5.00. The van der Waals surface area contributed by atoms with E-state index < -0.39 is 7.05 Å². The highest BCUT2D eigenvalue weighted by Gasteiger charge is 2.44. The molecule has 20 heavy (non-hydrogen) atoms. The van der Waals surface area contributed by atoms with Crippen LogP contribution < -0.4 is 0 Å². The Kier molecular flexibility index (Phi) is 3.95. The van der Waals surface area contributed by atoms with Gasteiger partial charge in [-0.1, -0.05) is 59.7 Å². The summed E-state index contributed by atoms with van der Waals surface area (Å²) in [6.45, 7) is 15.2. The molecule has 0 aromatic heterocycles. The predicted octanol–water partition coefficient (Wildman–Crippen LogP) is 5.52. The van der Waals surface area contributed by atoms with Crippen LogP contribution in [0, 0.1) is 0 Å². The highest BCUT2D eigenvalue weighted by Crippen LogP contribution is 2.71. The number of fused-ring (bicyclic) bond motifs is 1. The Morgan fingerprint density at radius 1 is 1.00 bits per heavy atom. The van der Waals surface area contributed by atoms with Gasteiger partial charge in [-0.3, -0.25) is 9.64 Å². The van der Waals surface area contributed by atoms with Crippen LogP contribution in [-0.4, -0.2) is 28.5 Å². The zero-order valence-electron chi connectivity index (χ0n) is 14.1. The van der Waals surface area contributed by atoms with E-state index in [4.69, 9.17) is 4.74 Å². The molecule has 3 heteroatoms. The summed E-state index contributed by atoms with van der Waals surface area (Å²) >= 11 is 0. The van der Waals surface area contributed by atoms with Gasteiger partial charge in [0.15, 0.2) is 0 Å². The van der Waals surface area contributed by atoms with Crippen LogP contribution in [0.4, 0.5) is 5.69 Å². The molecule has 0 saturated carbocycles. The Morgan fingerprint density at radius 2 is 1.55 bits per heavy atom. The quantitative estimate of drug-likeness (QED) is 0.575. The van der Waals surface area contributed by atoms with E-state index in [0.717, 1.165) is 12.8 Å². The van der Waals surface area contributed by atoms with E-state index in [1.807, 2.05) is 0 Å². The van der Waals surface area contributed by atoms with E-state index in [2.05, 4.69) is 77.8 Å². The van der Waals surface area contributed by atoms with E-state index in [-0.39, 0.29) is 10.3 Å². The Balaban J connectivity index is 2.77. The van der Waals surface area contributed by atoms with Gasteiger partial charge in [-0.15, -0.1) is 0 Å². The molecule has 0 aliphatic carbocycles. The summed E-state index contributed by atoms with van der Waals surface area (Å²) in [4.78, 5) is 2.47. The normalized spacial score (nSPS) is 19.9. The standard InChI is InChI=1S/C17H29N2P/c1-16(2,3)20(17(4,5)6)13-19(7)12-14-10-8-9-11-15(14)18-20/h8-11H,12-13H2,1-7H3. The van der Waals surface area contributed by atoms with Crippen molar-refractivity contribution in [1.82, 2.24) is 4.90 Å². The lowest BCUT2D eigenvalue weighted by Gasteiger charge is -2.47. The number of rotatable bonds is 0. The molecule has 1 heterocycles. The first-order valence-electron chi connectivity index (χ1n) is 7.45. The first-order chi connectivity index (χ1) is 9.07. The van der Waals surface area contributed by atoms with Crippen molar-refractivity contribution in [1.29, 1.82) is 0 Å². The third kappa shape index (κ3) is 2.61. The van der Waals surface area contributed by atoms with Crippen molar-refractivity contribution in [3.8, 4) is 0 Å². The average Bonchev–Trinajstić information content (AvgIpc) is 2.43. The molecule has 0 bridgehead atoms. The fourth-order valence-corrected chi connectivity index (χ4v) is 8.26. The maximum Gasteiger partial charge on any atom is 0.0659 e. The maximum atomic E-state index is 5.43. The van der Waals surface area contributed by atoms with E-state index in [9.17, 15) is 0 Å². The molecule has 0 fully saturated rings. The highest BCUT2D eigenvalue weighted by molar-refractivity contribution is 7.69. The fraction of sp³-hybridized carbons (Fsp3) is 0.647. The third-order valence-electron chi connectivity index (χ3n) is 4.38. The first-order valence-corrected chi connectivity index (χ1v) is 9.37. The van der Waals surface area contributed by atoms with Crippen molar-refractivity contribution in [2.24, 2.45) is 4.74 Å². The summed E-state index contributed by atoms with van der Waals surface area (Å²) < 4.78 is 5.43. The van der Waals surface area contributed by atoms with Gasteiger partial charge in [0, 0.05) is 19.9 Å².